The minimum absolute atomic E-state index is 0.00861. The van der Waals surface area contributed by atoms with Gasteiger partial charge in [0.05, 0.1) is 11.8 Å². The van der Waals surface area contributed by atoms with Gasteiger partial charge in [0.1, 0.15) is 0 Å². The summed E-state index contributed by atoms with van der Waals surface area (Å²) in [7, 11) is 0. The standard InChI is InChI=1S/C18H20N2O4/c1-2-19-16(21)10-5-7-13(8-6-10)20-17(22)14-11-3-4-12(9-11)15(14)18(23)24/h3-8,11-12,14-15H,2,9H2,1H3,(H,19,21)(H,20,22)(H,23,24)/t11-,12-,14-,15+/m0/s1. The summed E-state index contributed by atoms with van der Waals surface area (Å²) in [5, 5.41) is 14.9. The van der Waals surface area contributed by atoms with E-state index < -0.39 is 17.8 Å². The van der Waals surface area contributed by atoms with Crippen LogP contribution in [0.2, 0.25) is 0 Å². The van der Waals surface area contributed by atoms with Gasteiger partial charge in [0.2, 0.25) is 5.91 Å². The molecule has 1 aromatic carbocycles. The van der Waals surface area contributed by atoms with E-state index in [4.69, 9.17) is 0 Å². The number of rotatable bonds is 5. The number of benzene rings is 1. The maximum absolute atomic E-state index is 12.6. The van der Waals surface area contributed by atoms with E-state index >= 15 is 0 Å². The van der Waals surface area contributed by atoms with Crippen molar-refractivity contribution < 1.29 is 19.5 Å². The summed E-state index contributed by atoms with van der Waals surface area (Å²) in [6.45, 7) is 2.39. The number of amides is 2. The summed E-state index contributed by atoms with van der Waals surface area (Å²) in [4.78, 5) is 35.8. The third-order valence-corrected chi connectivity index (χ3v) is 4.80. The molecule has 2 bridgehead atoms. The fourth-order valence-corrected chi connectivity index (χ4v) is 3.71. The van der Waals surface area contributed by atoms with Crippen LogP contribution in [0.4, 0.5) is 5.69 Å². The summed E-state index contributed by atoms with van der Waals surface area (Å²) in [6.07, 6.45) is 4.59. The second kappa shape index (κ2) is 6.47. The summed E-state index contributed by atoms with van der Waals surface area (Å²) in [6, 6.07) is 6.58. The first-order chi connectivity index (χ1) is 11.5. The largest absolute Gasteiger partial charge is 0.481 e. The number of hydrogen-bond donors (Lipinski definition) is 3. The van der Waals surface area contributed by atoms with E-state index in [2.05, 4.69) is 10.6 Å². The van der Waals surface area contributed by atoms with Crippen molar-refractivity contribution in [2.75, 3.05) is 11.9 Å². The molecule has 2 amide bonds. The van der Waals surface area contributed by atoms with E-state index in [0.717, 1.165) is 6.42 Å². The number of carboxylic acid groups (broad SMARTS) is 1. The van der Waals surface area contributed by atoms with Gasteiger partial charge in [-0.1, -0.05) is 12.2 Å². The SMILES string of the molecule is CCNC(=O)c1ccc(NC(=O)[C@@H]2[C@H](C(=O)O)[C@H]3C=C[C@H]2C3)cc1. The fraction of sp³-hybridized carbons (Fsp3) is 0.389. The van der Waals surface area contributed by atoms with Crippen molar-refractivity contribution in [3.8, 4) is 0 Å². The minimum Gasteiger partial charge on any atom is -0.481 e. The predicted molar refractivity (Wildman–Crippen MR) is 88.4 cm³/mol. The van der Waals surface area contributed by atoms with Crippen LogP contribution in [-0.2, 0) is 9.59 Å². The van der Waals surface area contributed by atoms with Gasteiger partial charge < -0.3 is 15.7 Å². The van der Waals surface area contributed by atoms with Gasteiger partial charge in [0, 0.05) is 17.8 Å². The minimum atomic E-state index is -0.918. The highest BCUT2D eigenvalue weighted by Crippen LogP contribution is 2.48. The lowest BCUT2D eigenvalue weighted by atomic mass is 9.82. The smallest absolute Gasteiger partial charge is 0.307 e. The average Bonchev–Trinajstić information content (AvgIpc) is 3.16. The predicted octanol–water partition coefficient (Wildman–Crippen LogP) is 1.90. The number of aliphatic carboxylic acids is 1. The van der Waals surface area contributed by atoms with Crippen molar-refractivity contribution in [1.29, 1.82) is 0 Å². The molecule has 0 radical (unpaired) electrons. The Morgan fingerprint density at radius 3 is 2.29 bits per heavy atom. The number of nitrogens with one attached hydrogen (secondary N) is 2. The van der Waals surface area contributed by atoms with Crippen molar-refractivity contribution in [1.82, 2.24) is 5.32 Å². The molecule has 24 heavy (non-hydrogen) atoms. The molecule has 1 saturated carbocycles. The molecule has 126 valence electrons. The Kier molecular flexibility index (Phi) is 4.38. The zero-order valence-corrected chi connectivity index (χ0v) is 13.4. The Hall–Kier alpha value is -2.63. The molecule has 6 nitrogen and oxygen atoms in total. The van der Waals surface area contributed by atoms with Gasteiger partial charge >= 0.3 is 5.97 Å². The van der Waals surface area contributed by atoms with Crippen molar-refractivity contribution in [2.24, 2.45) is 23.7 Å². The van der Waals surface area contributed by atoms with E-state index in [1.54, 1.807) is 24.3 Å². The van der Waals surface area contributed by atoms with Crippen LogP contribution in [-0.4, -0.2) is 29.4 Å². The van der Waals surface area contributed by atoms with E-state index in [1.165, 1.54) is 0 Å². The number of carbonyl (C=O) groups is 3. The normalized spacial score (nSPS) is 27.0. The third kappa shape index (κ3) is 2.91. The van der Waals surface area contributed by atoms with Crippen LogP contribution < -0.4 is 10.6 Å². The Balaban J connectivity index is 1.70. The Bertz CT molecular complexity index is 695. The summed E-state index contributed by atoms with van der Waals surface area (Å²) < 4.78 is 0. The maximum atomic E-state index is 12.6. The second-order valence-electron chi connectivity index (χ2n) is 6.26. The molecule has 3 rings (SSSR count). The van der Waals surface area contributed by atoms with Gasteiger partial charge in [-0.05, 0) is 49.4 Å². The zero-order valence-electron chi connectivity index (χ0n) is 13.4. The third-order valence-electron chi connectivity index (χ3n) is 4.80. The first-order valence-corrected chi connectivity index (χ1v) is 8.11. The molecule has 6 heteroatoms. The Morgan fingerprint density at radius 1 is 1.08 bits per heavy atom. The van der Waals surface area contributed by atoms with Crippen LogP contribution >= 0.6 is 0 Å². The number of hydrogen-bond acceptors (Lipinski definition) is 3. The Labute approximate surface area is 139 Å². The highest BCUT2D eigenvalue weighted by atomic mass is 16.4. The molecule has 0 aromatic heterocycles. The van der Waals surface area contributed by atoms with Crippen molar-refractivity contribution in [3.63, 3.8) is 0 Å². The number of allylic oxidation sites excluding steroid dienone is 2. The number of fused-ring (bicyclic) bond motifs is 2. The molecule has 4 atom stereocenters. The Morgan fingerprint density at radius 2 is 1.71 bits per heavy atom. The summed E-state index contributed by atoms with van der Waals surface area (Å²) in [5.74, 6) is -2.62. The van der Waals surface area contributed by atoms with Crippen LogP contribution in [0.3, 0.4) is 0 Å². The molecule has 1 aromatic rings. The molecule has 2 aliphatic rings. The lowest BCUT2D eigenvalue weighted by molar-refractivity contribution is -0.146. The summed E-state index contributed by atoms with van der Waals surface area (Å²) >= 11 is 0. The first-order valence-electron chi connectivity index (χ1n) is 8.11. The highest BCUT2D eigenvalue weighted by Gasteiger charge is 2.51. The van der Waals surface area contributed by atoms with Gasteiger partial charge in [0.15, 0.2) is 0 Å². The van der Waals surface area contributed by atoms with E-state index in [1.807, 2.05) is 19.1 Å². The lowest BCUT2D eigenvalue weighted by Crippen LogP contribution is -2.36. The van der Waals surface area contributed by atoms with E-state index in [-0.39, 0.29) is 23.7 Å². The number of carboxylic acids is 1. The van der Waals surface area contributed by atoms with Gasteiger partial charge in [0.25, 0.3) is 5.91 Å². The molecule has 0 aliphatic heterocycles. The molecule has 0 spiro atoms. The molecule has 3 N–H and O–H groups in total. The van der Waals surface area contributed by atoms with Gasteiger partial charge in [-0.2, -0.15) is 0 Å². The molecule has 0 heterocycles. The monoisotopic (exact) mass is 328 g/mol. The van der Waals surface area contributed by atoms with Gasteiger partial charge in [-0.3, -0.25) is 14.4 Å². The number of carbonyl (C=O) groups excluding carboxylic acids is 2. The molecule has 0 saturated heterocycles. The zero-order chi connectivity index (χ0) is 17.3. The van der Waals surface area contributed by atoms with Crippen LogP contribution in [0.1, 0.15) is 23.7 Å². The molecular formula is C18H20N2O4. The lowest BCUT2D eigenvalue weighted by Gasteiger charge is -2.23. The molecule has 1 fully saturated rings. The van der Waals surface area contributed by atoms with Gasteiger partial charge in [-0.15, -0.1) is 0 Å². The fourth-order valence-electron chi connectivity index (χ4n) is 3.71. The van der Waals surface area contributed by atoms with Crippen LogP contribution in [0.25, 0.3) is 0 Å². The van der Waals surface area contributed by atoms with E-state index in [9.17, 15) is 19.5 Å². The van der Waals surface area contributed by atoms with Crippen LogP contribution in [0.5, 0.6) is 0 Å². The number of anilines is 1. The van der Waals surface area contributed by atoms with Crippen molar-refractivity contribution in [3.05, 3.63) is 42.0 Å². The van der Waals surface area contributed by atoms with Gasteiger partial charge in [-0.25, -0.2) is 0 Å². The first kappa shape index (κ1) is 16.2. The summed E-state index contributed by atoms with van der Waals surface area (Å²) in [5.41, 5.74) is 1.07. The molecule has 2 aliphatic carbocycles. The van der Waals surface area contributed by atoms with Crippen molar-refractivity contribution in [2.45, 2.75) is 13.3 Å². The molecular weight excluding hydrogens is 308 g/mol. The second-order valence-corrected chi connectivity index (χ2v) is 6.26. The van der Waals surface area contributed by atoms with Crippen molar-refractivity contribution >= 4 is 23.5 Å². The maximum Gasteiger partial charge on any atom is 0.307 e. The molecule has 0 unspecified atom stereocenters. The average molecular weight is 328 g/mol. The van der Waals surface area contributed by atoms with Crippen LogP contribution in [0, 0.1) is 23.7 Å². The highest BCUT2D eigenvalue weighted by molar-refractivity contribution is 5.98. The van der Waals surface area contributed by atoms with E-state index in [0.29, 0.717) is 17.8 Å². The topological polar surface area (TPSA) is 95.5 Å². The van der Waals surface area contributed by atoms with Crippen LogP contribution in [0.15, 0.2) is 36.4 Å². The quantitative estimate of drug-likeness (QED) is 0.719.